The summed E-state index contributed by atoms with van der Waals surface area (Å²) in [6.45, 7) is 4.76. The second-order valence-corrected chi connectivity index (χ2v) is 4.08. The van der Waals surface area contributed by atoms with Gasteiger partial charge in [0.1, 0.15) is 6.29 Å². The Hall–Kier alpha value is -1.15. The zero-order valence-corrected chi connectivity index (χ0v) is 8.69. The topological polar surface area (TPSA) is 26.3 Å². The molecule has 76 valence electrons. The van der Waals surface area contributed by atoms with Crippen LogP contribution in [-0.4, -0.2) is 12.9 Å². The van der Waals surface area contributed by atoms with E-state index in [4.69, 9.17) is 4.74 Å². The highest BCUT2D eigenvalue weighted by molar-refractivity contribution is 5.57. The fraction of sp³-hybridized carbons (Fsp3) is 0.417. The maximum atomic E-state index is 10.6. The van der Waals surface area contributed by atoms with Gasteiger partial charge in [-0.05, 0) is 5.56 Å². The number of carbonyl (C=O) groups is 1. The molecule has 0 aromatic heterocycles. The average molecular weight is 192 g/mol. The molecule has 0 N–H and O–H groups in total. The smallest absolute Gasteiger partial charge is 0.127 e. The molecule has 0 unspecified atom stereocenters. The summed E-state index contributed by atoms with van der Waals surface area (Å²) in [6.07, 6.45) is 0.929. The molecule has 0 amide bonds. The molecule has 1 rings (SSSR count). The highest BCUT2D eigenvalue weighted by Gasteiger charge is 2.16. The van der Waals surface area contributed by atoms with Crippen molar-refractivity contribution in [1.82, 2.24) is 0 Å². The van der Waals surface area contributed by atoms with E-state index in [0.717, 1.165) is 11.8 Å². The van der Waals surface area contributed by atoms with Crippen molar-refractivity contribution >= 4 is 6.29 Å². The van der Waals surface area contributed by atoms with Crippen LogP contribution in [-0.2, 0) is 16.1 Å². The summed E-state index contributed by atoms with van der Waals surface area (Å²) in [7, 11) is 0. The van der Waals surface area contributed by atoms with Gasteiger partial charge in [0.2, 0.25) is 0 Å². The Morgan fingerprint density at radius 3 is 2.50 bits per heavy atom. The summed E-state index contributed by atoms with van der Waals surface area (Å²) in [5.74, 6) is 0. The quantitative estimate of drug-likeness (QED) is 0.670. The molecule has 2 heteroatoms. The number of hydrogen-bond donors (Lipinski definition) is 0. The van der Waals surface area contributed by atoms with Gasteiger partial charge in [-0.15, -0.1) is 0 Å². The molecule has 0 radical (unpaired) electrons. The van der Waals surface area contributed by atoms with Gasteiger partial charge >= 0.3 is 0 Å². The van der Waals surface area contributed by atoms with Crippen molar-refractivity contribution in [3.63, 3.8) is 0 Å². The molecule has 0 fully saturated rings. The van der Waals surface area contributed by atoms with Crippen molar-refractivity contribution in [2.24, 2.45) is 5.41 Å². The van der Waals surface area contributed by atoms with Crippen LogP contribution >= 0.6 is 0 Å². The van der Waals surface area contributed by atoms with Gasteiger partial charge in [-0.3, -0.25) is 0 Å². The number of aldehydes is 1. The highest BCUT2D eigenvalue weighted by Crippen LogP contribution is 2.12. The molecule has 0 bridgehead atoms. The summed E-state index contributed by atoms with van der Waals surface area (Å²) >= 11 is 0. The number of carbonyl (C=O) groups excluding carboxylic acids is 1. The van der Waals surface area contributed by atoms with E-state index in [1.54, 1.807) is 0 Å². The summed E-state index contributed by atoms with van der Waals surface area (Å²) < 4.78 is 5.44. The van der Waals surface area contributed by atoms with Gasteiger partial charge in [0.15, 0.2) is 0 Å². The molecule has 0 aliphatic rings. The highest BCUT2D eigenvalue weighted by atomic mass is 16.5. The number of ether oxygens (including phenoxy) is 1. The fourth-order valence-corrected chi connectivity index (χ4v) is 1.04. The van der Waals surface area contributed by atoms with Crippen molar-refractivity contribution in [3.05, 3.63) is 35.9 Å². The predicted molar refractivity (Wildman–Crippen MR) is 55.9 cm³/mol. The minimum Gasteiger partial charge on any atom is -0.376 e. The number of hydrogen-bond acceptors (Lipinski definition) is 2. The maximum Gasteiger partial charge on any atom is 0.127 e. The Morgan fingerprint density at radius 2 is 1.93 bits per heavy atom. The van der Waals surface area contributed by atoms with Crippen molar-refractivity contribution in [1.29, 1.82) is 0 Å². The summed E-state index contributed by atoms with van der Waals surface area (Å²) in [6, 6.07) is 9.94. The van der Waals surface area contributed by atoms with E-state index < -0.39 is 0 Å². The van der Waals surface area contributed by atoms with Gasteiger partial charge in [0, 0.05) is 5.41 Å². The van der Waals surface area contributed by atoms with Crippen LogP contribution in [0.3, 0.4) is 0 Å². The zero-order valence-electron chi connectivity index (χ0n) is 8.69. The molecule has 14 heavy (non-hydrogen) atoms. The fourth-order valence-electron chi connectivity index (χ4n) is 1.04. The Morgan fingerprint density at radius 1 is 1.29 bits per heavy atom. The first kappa shape index (κ1) is 10.9. The first-order chi connectivity index (χ1) is 6.64. The zero-order chi connectivity index (χ0) is 10.4. The van der Waals surface area contributed by atoms with E-state index in [0.29, 0.717) is 13.2 Å². The molecule has 1 aromatic rings. The van der Waals surface area contributed by atoms with E-state index in [2.05, 4.69) is 0 Å². The van der Waals surface area contributed by atoms with E-state index in [1.165, 1.54) is 0 Å². The van der Waals surface area contributed by atoms with Crippen molar-refractivity contribution in [2.75, 3.05) is 6.61 Å². The van der Waals surface area contributed by atoms with Gasteiger partial charge in [0.25, 0.3) is 0 Å². The molecule has 0 spiro atoms. The second kappa shape index (κ2) is 4.91. The van der Waals surface area contributed by atoms with Gasteiger partial charge in [0.05, 0.1) is 13.2 Å². The molecule has 0 aliphatic heterocycles. The lowest BCUT2D eigenvalue weighted by Crippen LogP contribution is -2.20. The standard InChI is InChI=1S/C12H16O2/c1-12(2,9-13)10-14-8-11-6-4-3-5-7-11/h3-7,9H,8,10H2,1-2H3. The first-order valence-electron chi connectivity index (χ1n) is 4.72. The van der Waals surface area contributed by atoms with E-state index in [1.807, 2.05) is 44.2 Å². The van der Waals surface area contributed by atoms with Crippen molar-refractivity contribution < 1.29 is 9.53 Å². The van der Waals surface area contributed by atoms with Crippen LogP contribution in [0.4, 0.5) is 0 Å². The summed E-state index contributed by atoms with van der Waals surface area (Å²) in [5.41, 5.74) is 0.753. The third-order valence-corrected chi connectivity index (χ3v) is 1.90. The molecule has 0 aliphatic carbocycles. The van der Waals surface area contributed by atoms with Crippen LogP contribution < -0.4 is 0 Å². The lowest BCUT2D eigenvalue weighted by Gasteiger charge is -2.16. The molecule has 0 saturated carbocycles. The molecule has 0 atom stereocenters. The molecule has 0 saturated heterocycles. The third-order valence-electron chi connectivity index (χ3n) is 1.90. The average Bonchev–Trinajstić information content (AvgIpc) is 2.19. The van der Waals surface area contributed by atoms with Gasteiger partial charge < -0.3 is 9.53 Å². The Balaban J connectivity index is 2.32. The SMILES string of the molecule is CC(C)(C=O)COCc1ccccc1. The lowest BCUT2D eigenvalue weighted by molar-refractivity contribution is -0.117. The predicted octanol–water partition coefficient (Wildman–Crippen LogP) is 2.43. The van der Waals surface area contributed by atoms with Crippen molar-refractivity contribution in [3.8, 4) is 0 Å². The van der Waals surface area contributed by atoms with E-state index in [9.17, 15) is 4.79 Å². The number of rotatable bonds is 5. The van der Waals surface area contributed by atoms with Gasteiger partial charge in [-0.1, -0.05) is 44.2 Å². The maximum absolute atomic E-state index is 10.6. The van der Waals surface area contributed by atoms with Crippen LogP contribution in [0.1, 0.15) is 19.4 Å². The molecular weight excluding hydrogens is 176 g/mol. The van der Waals surface area contributed by atoms with Crippen LogP contribution in [0.5, 0.6) is 0 Å². The van der Waals surface area contributed by atoms with Crippen LogP contribution in [0, 0.1) is 5.41 Å². The second-order valence-electron chi connectivity index (χ2n) is 4.08. The largest absolute Gasteiger partial charge is 0.376 e. The van der Waals surface area contributed by atoms with E-state index in [-0.39, 0.29) is 5.41 Å². The Labute approximate surface area is 84.9 Å². The van der Waals surface area contributed by atoms with Crippen LogP contribution in [0.15, 0.2) is 30.3 Å². The lowest BCUT2D eigenvalue weighted by atomic mass is 9.98. The number of benzene rings is 1. The van der Waals surface area contributed by atoms with Crippen LogP contribution in [0.2, 0.25) is 0 Å². The molecule has 0 heterocycles. The Kier molecular flexibility index (Phi) is 3.84. The normalized spacial score (nSPS) is 11.3. The molecule has 1 aromatic carbocycles. The third kappa shape index (κ3) is 3.71. The monoisotopic (exact) mass is 192 g/mol. The summed E-state index contributed by atoms with van der Waals surface area (Å²) in [5, 5.41) is 0. The van der Waals surface area contributed by atoms with E-state index >= 15 is 0 Å². The van der Waals surface area contributed by atoms with Crippen LogP contribution in [0.25, 0.3) is 0 Å². The Bertz CT molecular complexity index is 278. The first-order valence-corrected chi connectivity index (χ1v) is 4.72. The molecule has 2 nitrogen and oxygen atoms in total. The van der Waals surface area contributed by atoms with Gasteiger partial charge in [-0.2, -0.15) is 0 Å². The minimum atomic E-state index is -0.380. The minimum absolute atomic E-state index is 0.380. The van der Waals surface area contributed by atoms with Crippen molar-refractivity contribution in [2.45, 2.75) is 20.5 Å². The van der Waals surface area contributed by atoms with Gasteiger partial charge in [-0.25, -0.2) is 0 Å². The molecular formula is C12H16O2. The summed E-state index contributed by atoms with van der Waals surface area (Å²) in [4.78, 5) is 10.6.